The van der Waals surface area contributed by atoms with E-state index in [1.54, 1.807) is 7.05 Å². The van der Waals surface area contributed by atoms with E-state index in [2.05, 4.69) is 33.9 Å². The van der Waals surface area contributed by atoms with Gasteiger partial charge in [0.2, 0.25) is 0 Å². The Balaban J connectivity index is 3.35. The number of nitrogens with zero attached hydrogens (tertiary/aromatic N) is 1. The molecule has 0 aliphatic heterocycles. The zero-order valence-electron chi connectivity index (χ0n) is 23.2. The Hall–Kier alpha value is -0.753. The summed E-state index contributed by atoms with van der Waals surface area (Å²) < 4.78 is 38.8. The van der Waals surface area contributed by atoms with Gasteiger partial charge in [-0.1, -0.05) is 20.8 Å². The van der Waals surface area contributed by atoms with Crippen molar-refractivity contribution >= 4 is 14.4 Å². The first kappa shape index (κ1) is 33.2. The predicted octanol–water partition coefficient (Wildman–Crippen LogP) is 3.96. The van der Waals surface area contributed by atoms with Gasteiger partial charge in [-0.25, -0.2) is 4.79 Å². The van der Waals surface area contributed by atoms with Gasteiger partial charge >= 0.3 is 6.09 Å². The monoisotopic (exact) mass is 509 g/mol. The molecule has 0 aliphatic carbocycles. The summed E-state index contributed by atoms with van der Waals surface area (Å²) in [5.41, 5.74) is -0.497. The number of ether oxygens (including phenoxy) is 6. The fourth-order valence-corrected chi connectivity index (χ4v) is 3.21. The maximum atomic E-state index is 11.8. The number of likely N-dealkylation sites (N-methyl/N-ethyl adjacent to an activating group) is 1. The number of hydrogen-bond acceptors (Lipinski definition) is 8. The molecular weight excluding hydrogens is 458 g/mol. The molecule has 9 nitrogen and oxygen atoms in total. The molecule has 34 heavy (non-hydrogen) atoms. The number of amides is 1. The summed E-state index contributed by atoms with van der Waals surface area (Å²) in [5, 5.41) is 0.219. The first-order chi connectivity index (χ1) is 15.8. The van der Waals surface area contributed by atoms with E-state index in [9.17, 15) is 4.79 Å². The first-order valence-corrected chi connectivity index (χ1v) is 15.1. The van der Waals surface area contributed by atoms with Gasteiger partial charge in [-0.15, -0.1) is 0 Å². The summed E-state index contributed by atoms with van der Waals surface area (Å²) in [6.07, 6.45) is -0.354. The van der Waals surface area contributed by atoms with Gasteiger partial charge in [0, 0.05) is 13.6 Å². The molecule has 0 saturated heterocycles. The molecule has 0 aromatic carbocycles. The summed E-state index contributed by atoms with van der Waals surface area (Å²) in [5.74, 6) is 0. The van der Waals surface area contributed by atoms with Crippen LogP contribution in [-0.2, 0) is 32.8 Å². The van der Waals surface area contributed by atoms with Crippen LogP contribution in [0.15, 0.2) is 0 Å². The Morgan fingerprint density at radius 1 is 0.647 bits per heavy atom. The molecule has 0 unspecified atom stereocenters. The summed E-state index contributed by atoms with van der Waals surface area (Å²) in [6, 6.07) is 0. The van der Waals surface area contributed by atoms with Gasteiger partial charge in [0.15, 0.2) is 8.32 Å². The predicted molar refractivity (Wildman–Crippen MR) is 136 cm³/mol. The molecule has 0 N–H and O–H groups in total. The molecule has 0 radical (unpaired) electrons. The molecule has 0 heterocycles. The molecule has 0 aromatic heterocycles. The zero-order chi connectivity index (χ0) is 26.1. The van der Waals surface area contributed by atoms with Gasteiger partial charge < -0.3 is 37.7 Å². The lowest BCUT2D eigenvalue weighted by Crippen LogP contribution is -2.41. The summed E-state index contributed by atoms with van der Waals surface area (Å²) >= 11 is 0. The van der Waals surface area contributed by atoms with E-state index in [1.807, 2.05) is 20.8 Å². The highest BCUT2D eigenvalue weighted by Crippen LogP contribution is 2.36. The van der Waals surface area contributed by atoms with Crippen LogP contribution in [0.5, 0.6) is 0 Å². The van der Waals surface area contributed by atoms with Gasteiger partial charge in [-0.05, 0) is 38.9 Å². The van der Waals surface area contributed by atoms with Crippen molar-refractivity contribution in [3.8, 4) is 0 Å². The highest BCUT2D eigenvalue weighted by Gasteiger charge is 2.36. The molecule has 1 amide bonds. The van der Waals surface area contributed by atoms with Crippen molar-refractivity contribution in [3.05, 3.63) is 0 Å². The fourth-order valence-electron chi connectivity index (χ4n) is 2.19. The van der Waals surface area contributed by atoms with Gasteiger partial charge in [0.05, 0.1) is 72.7 Å². The maximum absolute atomic E-state index is 11.8. The van der Waals surface area contributed by atoms with Crippen LogP contribution in [-0.4, -0.2) is 111 Å². The van der Waals surface area contributed by atoms with Crippen molar-refractivity contribution in [2.45, 2.75) is 65.3 Å². The minimum Gasteiger partial charge on any atom is -0.444 e. The second kappa shape index (κ2) is 17.6. The van der Waals surface area contributed by atoms with E-state index < -0.39 is 13.9 Å². The van der Waals surface area contributed by atoms with Crippen molar-refractivity contribution in [1.82, 2.24) is 4.90 Å². The van der Waals surface area contributed by atoms with E-state index in [-0.39, 0.29) is 11.1 Å². The topological polar surface area (TPSA) is 84.9 Å². The molecule has 0 rings (SSSR count). The van der Waals surface area contributed by atoms with Gasteiger partial charge in [0.25, 0.3) is 0 Å². The standard InChI is InChI=1S/C24H51NO8Si/c1-23(2,3)33-22(26)25(7)10-11-27-12-13-28-14-15-29-16-17-30-18-19-31-20-21-32-34(8,9)24(4,5)6/h10-21H2,1-9H3. The molecule has 0 aromatic rings. The lowest BCUT2D eigenvalue weighted by Gasteiger charge is -2.36. The molecular formula is C24H51NO8Si. The van der Waals surface area contributed by atoms with Crippen LogP contribution >= 0.6 is 0 Å². The molecule has 0 bridgehead atoms. The molecule has 0 atom stereocenters. The Labute approximate surface area is 208 Å². The van der Waals surface area contributed by atoms with Crippen LogP contribution in [0.25, 0.3) is 0 Å². The Morgan fingerprint density at radius 3 is 1.35 bits per heavy atom. The van der Waals surface area contributed by atoms with E-state index in [1.165, 1.54) is 4.90 Å². The fraction of sp³-hybridized carbons (Fsp3) is 0.958. The van der Waals surface area contributed by atoms with Crippen molar-refractivity contribution in [2.75, 3.05) is 86.3 Å². The normalized spacial score (nSPS) is 12.7. The molecule has 0 fully saturated rings. The van der Waals surface area contributed by atoms with E-state index >= 15 is 0 Å². The molecule has 0 spiro atoms. The number of carbonyl (C=O) groups excluding carboxylic acids is 1. The van der Waals surface area contributed by atoms with Gasteiger partial charge in [0.1, 0.15) is 5.60 Å². The molecule has 0 saturated carbocycles. The van der Waals surface area contributed by atoms with Crippen molar-refractivity contribution in [3.63, 3.8) is 0 Å². The largest absolute Gasteiger partial charge is 0.444 e. The minimum absolute atomic E-state index is 0.219. The smallest absolute Gasteiger partial charge is 0.410 e. The van der Waals surface area contributed by atoms with Crippen LogP contribution < -0.4 is 0 Å². The Morgan fingerprint density at radius 2 is 1.00 bits per heavy atom. The third-order valence-corrected chi connectivity index (χ3v) is 9.80. The van der Waals surface area contributed by atoms with Crippen LogP contribution in [0.3, 0.4) is 0 Å². The zero-order valence-corrected chi connectivity index (χ0v) is 24.2. The maximum Gasteiger partial charge on any atom is 0.410 e. The Kier molecular flexibility index (Phi) is 17.2. The molecule has 204 valence electrons. The van der Waals surface area contributed by atoms with E-state index in [0.717, 1.165) is 0 Å². The first-order valence-electron chi connectivity index (χ1n) is 12.2. The quantitative estimate of drug-likeness (QED) is 0.191. The average molecular weight is 510 g/mol. The van der Waals surface area contributed by atoms with Crippen molar-refractivity contribution in [1.29, 1.82) is 0 Å². The average Bonchev–Trinajstić information content (AvgIpc) is 2.70. The van der Waals surface area contributed by atoms with Crippen LogP contribution in [0.1, 0.15) is 41.5 Å². The lowest BCUT2D eigenvalue weighted by atomic mass is 10.2. The summed E-state index contributed by atoms with van der Waals surface area (Å²) in [7, 11) is -0.00217. The number of carbonyl (C=O) groups is 1. The summed E-state index contributed by atoms with van der Waals surface area (Å²) in [4.78, 5) is 13.3. The third kappa shape index (κ3) is 18.6. The Bertz CT molecular complexity index is 520. The second-order valence-corrected chi connectivity index (χ2v) is 15.4. The second-order valence-electron chi connectivity index (χ2n) is 10.6. The molecule has 0 aliphatic rings. The number of rotatable bonds is 19. The molecule has 10 heteroatoms. The van der Waals surface area contributed by atoms with Crippen molar-refractivity contribution < 1.29 is 37.6 Å². The highest BCUT2D eigenvalue weighted by atomic mass is 28.4. The van der Waals surface area contributed by atoms with Crippen LogP contribution in [0.4, 0.5) is 4.79 Å². The van der Waals surface area contributed by atoms with Crippen LogP contribution in [0.2, 0.25) is 18.1 Å². The van der Waals surface area contributed by atoms with Crippen molar-refractivity contribution in [2.24, 2.45) is 0 Å². The summed E-state index contributed by atoms with van der Waals surface area (Å²) in [6.45, 7) is 22.9. The third-order valence-electron chi connectivity index (χ3n) is 5.26. The highest BCUT2D eigenvalue weighted by molar-refractivity contribution is 6.74. The van der Waals surface area contributed by atoms with E-state index in [4.69, 9.17) is 32.8 Å². The lowest BCUT2D eigenvalue weighted by molar-refractivity contribution is -0.0146. The van der Waals surface area contributed by atoms with E-state index in [0.29, 0.717) is 79.2 Å². The SMILES string of the molecule is CN(CCOCCOCCOCCOCCOCCO[Si](C)(C)C(C)(C)C)C(=O)OC(C)(C)C. The van der Waals surface area contributed by atoms with Gasteiger partial charge in [-0.2, -0.15) is 0 Å². The minimum atomic E-state index is -1.69. The number of hydrogen-bond donors (Lipinski definition) is 0. The van der Waals surface area contributed by atoms with Gasteiger partial charge in [-0.3, -0.25) is 0 Å². The van der Waals surface area contributed by atoms with Crippen LogP contribution in [0, 0.1) is 0 Å².